The standard InChI is InChI=1S/C17H25N5/c1-17(2,3)21-16(18-4)19-12-14-8-5-6-9-15(14)13-22-11-7-10-20-22/h5-11H,12-13H2,1-4H3,(H2,18,19,21). The van der Waals surface area contributed by atoms with Gasteiger partial charge in [0.25, 0.3) is 0 Å². The fraction of sp³-hybridized carbons (Fsp3) is 0.412. The van der Waals surface area contributed by atoms with Crippen LogP contribution in [-0.4, -0.2) is 28.3 Å². The van der Waals surface area contributed by atoms with Gasteiger partial charge >= 0.3 is 0 Å². The molecule has 0 bridgehead atoms. The first-order valence-electron chi connectivity index (χ1n) is 7.51. The Hall–Kier alpha value is -2.30. The molecule has 5 nitrogen and oxygen atoms in total. The van der Waals surface area contributed by atoms with Crippen LogP contribution in [0.25, 0.3) is 0 Å². The third-order valence-electron chi connectivity index (χ3n) is 3.17. The highest BCUT2D eigenvalue weighted by Crippen LogP contribution is 2.10. The van der Waals surface area contributed by atoms with Gasteiger partial charge in [-0.1, -0.05) is 24.3 Å². The molecule has 0 spiro atoms. The first kappa shape index (κ1) is 16.1. The third kappa shape index (κ3) is 4.91. The first-order chi connectivity index (χ1) is 10.5. The predicted octanol–water partition coefficient (Wildman–Crippen LogP) is 2.39. The van der Waals surface area contributed by atoms with Gasteiger partial charge in [0, 0.05) is 31.5 Å². The van der Waals surface area contributed by atoms with Gasteiger partial charge in [-0.15, -0.1) is 0 Å². The molecule has 2 aromatic rings. The Labute approximate surface area is 132 Å². The maximum Gasteiger partial charge on any atom is 0.191 e. The van der Waals surface area contributed by atoms with Crippen molar-refractivity contribution in [3.05, 3.63) is 53.9 Å². The second-order valence-electron chi connectivity index (χ2n) is 6.27. The molecule has 0 atom stereocenters. The number of nitrogens with zero attached hydrogens (tertiary/aromatic N) is 3. The molecule has 0 saturated heterocycles. The SMILES string of the molecule is CN=C(NCc1ccccc1Cn1cccn1)NC(C)(C)C. The van der Waals surface area contributed by atoms with Crippen molar-refractivity contribution in [3.8, 4) is 0 Å². The maximum atomic E-state index is 4.27. The number of hydrogen-bond donors (Lipinski definition) is 2. The molecule has 0 radical (unpaired) electrons. The Morgan fingerprint density at radius 3 is 2.50 bits per heavy atom. The summed E-state index contributed by atoms with van der Waals surface area (Å²) in [4.78, 5) is 4.27. The molecule has 118 valence electrons. The minimum atomic E-state index is -0.0174. The lowest BCUT2D eigenvalue weighted by atomic mass is 10.1. The maximum absolute atomic E-state index is 4.27. The van der Waals surface area contributed by atoms with Crippen molar-refractivity contribution in [2.75, 3.05) is 7.05 Å². The monoisotopic (exact) mass is 299 g/mol. The number of rotatable bonds is 4. The second kappa shape index (κ2) is 7.11. The van der Waals surface area contributed by atoms with Crippen molar-refractivity contribution < 1.29 is 0 Å². The van der Waals surface area contributed by atoms with Gasteiger partial charge in [0.05, 0.1) is 6.54 Å². The van der Waals surface area contributed by atoms with E-state index in [-0.39, 0.29) is 5.54 Å². The number of aliphatic imine (C=N–C) groups is 1. The van der Waals surface area contributed by atoms with Crippen molar-refractivity contribution in [1.29, 1.82) is 0 Å². The zero-order valence-corrected chi connectivity index (χ0v) is 13.8. The number of nitrogens with one attached hydrogen (secondary N) is 2. The third-order valence-corrected chi connectivity index (χ3v) is 3.17. The molecule has 22 heavy (non-hydrogen) atoms. The van der Waals surface area contributed by atoms with Crippen molar-refractivity contribution in [3.63, 3.8) is 0 Å². The Balaban J connectivity index is 2.03. The largest absolute Gasteiger partial charge is 0.352 e. The van der Waals surface area contributed by atoms with Crippen LogP contribution in [0, 0.1) is 0 Å². The summed E-state index contributed by atoms with van der Waals surface area (Å²) < 4.78 is 1.93. The zero-order valence-electron chi connectivity index (χ0n) is 13.8. The summed E-state index contributed by atoms with van der Waals surface area (Å²) in [5.41, 5.74) is 2.48. The van der Waals surface area contributed by atoms with E-state index in [1.165, 1.54) is 11.1 Å². The van der Waals surface area contributed by atoms with Gasteiger partial charge in [0.2, 0.25) is 0 Å². The number of aromatic nitrogens is 2. The van der Waals surface area contributed by atoms with Crippen LogP contribution in [0.15, 0.2) is 47.7 Å². The van der Waals surface area contributed by atoms with Crippen molar-refractivity contribution >= 4 is 5.96 Å². The van der Waals surface area contributed by atoms with Gasteiger partial charge in [0.1, 0.15) is 0 Å². The molecule has 0 aliphatic carbocycles. The molecular weight excluding hydrogens is 274 g/mol. The molecule has 5 heteroatoms. The number of guanidine groups is 1. The van der Waals surface area contributed by atoms with Crippen LogP contribution in [0.1, 0.15) is 31.9 Å². The van der Waals surface area contributed by atoms with Crippen LogP contribution in [0.4, 0.5) is 0 Å². The van der Waals surface area contributed by atoms with Crippen LogP contribution in [-0.2, 0) is 13.1 Å². The van der Waals surface area contributed by atoms with Gasteiger partial charge in [-0.25, -0.2) is 0 Å². The van der Waals surface area contributed by atoms with E-state index in [9.17, 15) is 0 Å². The van der Waals surface area contributed by atoms with E-state index in [4.69, 9.17) is 0 Å². The van der Waals surface area contributed by atoms with Gasteiger partial charge < -0.3 is 10.6 Å². The topological polar surface area (TPSA) is 54.2 Å². The minimum absolute atomic E-state index is 0.0174. The predicted molar refractivity (Wildman–Crippen MR) is 90.9 cm³/mol. The van der Waals surface area contributed by atoms with E-state index >= 15 is 0 Å². The molecule has 2 rings (SSSR count). The molecule has 0 amide bonds. The lowest BCUT2D eigenvalue weighted by Gasteiger charge is -2.24. The highest BCUT2D eigenvalue weighted by molar-refractivity contribution is 5.80. The highest BCUT2D eigenvalue weighted by Gasteiger charge is 2.12. The summed E-state index contributed by atoms with van der Waals surface area (Å²) in [6.07, 6.45) is 3.78. The summed E-state index contributed by atoms with van der Waals surface area (Å²) in [5.74, 6) is 0.807. The molecule has 0 aliphatic rings. The molecule has 0 unspecified atom stereocenters. The molecule has 1 aromatic carbocycles. The van der Waals surface area contributed by atoms with Crippen molar-refractivity contribution in [2.24, 2.45) is 4.99 Å². The van der Waals surface area contributed by atoms with Crippen molar-refractivity contribution in [1.82, 2.24) is 20.4 Å². The van der Waals surface area contributed by atoms with E-state index in [1.54, 1.807) is 13.2 Å². The van der Waals surface area contributed by atoms with E-state index in [0.717, 1.165) is 19.0 Å². The van der Waals surface area contributed by atoms with Crippen LogP contribution in [0.3, 0.4) is 0 Å². The molecular formula is C17H25N5. The number of benzene rings is 1. The molecule has 2 N–H and O–H groups in total. The van der Waals surface area contributed by atoms with E-state index in [2.05, 4.69) is 65.8 Å². The fourth-order valence-corrected chi connectivity index (χ4v) is 2.17. The molecule has 1 aromatic heterocycles. The summed E-state index contributed by atoms with van der Waals surface area (Å²) in [5, 5.41) is 11.0. The fourth-order valence-electron chi connectivity index (χ4n) is 2.17. The average molecular weight is 299 g/mol. The van der Waals surface area contributed by atoms with E-state index in [1.807, 2.05) is 16.9 Å². The van der Waals surface area contributed by atoms with Gasteiger partial charge in [-0.2, -0.15) is 5.10 Å². The van der Waals surface area contributed by atoms with Crippen LogP contribution < -0.4 is 10.6 Å². The van der Waals surface area contributed by atoms with E-state index < -0.39 is 0 Å². The Kier molecular flexibility index (Phi) is 5.20. The summed E-state index contributed by atoms with van der Waals surface area (Å²) in [7, 11) is 1.79. The van der Waals surface area contributed by atoms with E-state index in [0.29, 0.717) is 0 Å². The molecule has 0 saturated carbocycles. The Morgan fingerprint density at radius 1 is 1.18 bits per heavy atom. The van der Waals surface area contributed by atoms with Gasteiger partial charge in [-0.3, -0.25) is 9.67 Å². The molecule has 1 heterocycles. The number of hydrogen-bond acceptors (Lipinski definition) is 2. The summed E-state index contributed by atoms with van der Waals surface area (Å²) in [6, 6.07) is 10.3. The Morgan fingerprint density at radius 2 is 1.91 bits per heavy atom. The lowest BCUT2D eigenvalue weighted by Crippen LogP contribution is -2.47. The highest BCUT2D eigenvalue weighted by atomic mass is 15.3. The van der Waals surface area contributed by atoms with Crippen LogP contribution in [0.5, 0.6) is 0 Å². The normalized spacial score (nSPS) is 12.3. The summed E-state index contributed by atoms with van der Waals surface area (Å²) >= 11 is 0. The summed E-state index contributed by atoms with van der Waals surface area (Å²) in [6.45, 7) is 7.85. The van der Waals surface area contributed by atoms with Gasteiger partial charge in [0.15, 0.2) is 5.96 Å². The quantitative estimate of drug-likeness (QED) is 0.673. The Bertz CT molecular complexity index is 608. The van der Waals surface area contributed by atoms with Crippen LogP contribution >= 0.6 is 0 Å². The first-order valence-corrected chi connectivity index (χ1v) is 7.51. The lowest BCUT2D eigenvalue weighted by molar-refractivity contribution is 0.501. The minimum Gasteiger partial charge on any atom is -0.352 e. The van der Waals surface area contributed by atoms with Gasteiger partial charge in [-0.05, 0) is 38.0 Å². The zero-order chi connectivity index (χ0) is 16.0. The van der Waals surface area contributed by atoms with Crippen LogP contribution in [0.2, 0.25) is 0 Å². The molecule has 0 aliphatic heterocycles. The second-order valence-corrected chi connectivity index (χ2v) is 6.27. The smallest absolute Gasteiger partial charge is 0.191 e. The molecule has 0 fully saturated rings. The average Bonchev–Trinajstić information content (AvgIpc) is 2.96. The van der Waals surface area contributed by atoms with Crippen molar-refractivity contribution in [2.45, 2.75) is 39.4 Å².